The summed E-state index contributed by atoms with van der Waals surface area (Å²) in [5.41, 5.74) is 0.0228. The largest absolute Gasteiger partial charge is 0.477 e. The number of carboxylic acids is 1. The van der Waals surface area contributed by atoms with Crippen molar-refractivity contribution in [1.82, 2.24) is 20.1 Å². The fourth-order valence-electron chi connectivity index (χ4n) is 4.07. The molecule has 0 spiro atoms. The van der Waals surface area contributed by atoms with E-state index in [0.717, 1.165) is 19.6 Å². The monoisotopic (exact) mass is 478 g/mol. The van der Waals surface area contributed by atoms with Gasteiger partial charge in [-0.15, -0.1) is 0 Å². The minimum Gasteiger partial charge on any atom is -0.477 e. The van der Waals surface area contributed by atoms with E-state index in [1.807, 2.05) is 20.8 Å². The maximum atomic E-state index is 13.4. The third kappa shape index (κ3) is 6.25. The van der Waals surface area contributed by atoms with Crippen molar-refractivity contribution in [1.29, 1.82) is 0 Å². The number of fused-ring (bicyclic) bond motifs is 1. The van der Waals surface area contributed by atoms with Crippen molar-refractivity contribution < 1.29 is 24.2 Å². The number of aromatic nitrogens is 1. The normalized spacial score (nSPS) is 15.9. The first-order valence-corrected chi connectivity index (χ1v) is 11.4. The second kappa shape index (κ2) is 10.5. The number of carbonyl (C=O) groups is 3. The summed E-state index contributed by atoms with van der Waals surface area (Å²) in [6.07, 6.45) is 1.25. The number of aromatic carboxylic acids is 1. The molecule has 33 heavy (non-hydrogen) atoms. The number of carboxylic acid groups (broad SMARTS) is 1. The number of hydrogen-bond acceptors (Lipinski definition) is 5. The van der Waals surface area contributed by atoms with Crippen LogP contribution in [-0.4, -0.2) is 83.1 Å². The second-order valence-corrected chi connectivity index (χ2v) is 9.64. The number of halogens is 1. The number of nitrogens with one attached hydrogen (secondary N) is 2. The standard InChI is InChI=1S/C23H31ClN4O5/c1-23(2,3)26-21(30)20(28(14-29)8-4-7-27-9-11-33-12-10-27)18-16-6-5-15(24)13-17(16)25-19(18)22(31)32/h5-6,13-14,20,25H,4,7-12H2,1-3H3,(H,26,30)(H,31,32). The number of morpholine rings is 1. The van der Waals surface area contributed by atoms with Gasteiger partial charge in [0.2, 0.25) is 12.3 Å². The van der Waals surface area contributed by atoms with Crippen molar-refractivity contribution in [3.63, 3.8) is 0 Å². The first-order chi connectivity index (χ1) is 15.6. The van der Waals surface area contributed by atoms with Gasteiger partial charge in [0.15, 0.2) is 0 Å². The van der Waals surface area contributed by atoms with Crippen LogP contribution in [0.5, 0.6) is 0 Å². The zero-order chi connectivity index (χ0) is 24.2. The molecule has 2 heterocycles. The highest BCUT2D eigenvalue weighted by Crippen LogP contribution is 2.33. The Hall–Kier alpha value is -2.62. The smallest absolute Gasteiger partial charge is 0.352 e. The quantitative estimate of drug-likeness (QED) is 0.477. The third-order valence-electron chi connectivity index (χ3n) is 5.50. The van der Waals surface area contributed by atoms with Crippen LogP contribution < -0.4 is 5.32 Å². The van der Waals surface area contributed by atoms with E-state index in [9.17, 15) is 19.5 Å². The molecule has 0 bridgehead atoms. The van der Waals surface area contributed by atoms with Gasteiger partial charge in [0.1, 0.15) is 11.7 Å². The molecule has 10 heteroatoms. The van der Waals surface area contributed by atoms with Crippen molar-refractivity contribution in [2.45, 2.75) is 38.8 Å². The van der Waals surface area contributed by atoms with Crippen LogP contribution in [0.3, 0.4) is 0 Å². The molecule has 180 valence electrons. The number of hydrogen-bond donors (Lipinski definition) is 3. The van der Waals surface area contributed by atoms with Crippen molar-refractivity contribution in [2.75, 3.05) is 39.4 Å². The number of H-pyrrole nitrogens is 1. The highest BCUT2D eigenvalue weighted by molar-refractivity contribution is 6.31. The van der Waals surface area contributed by atoms with E-state index in [1.54, 1.807) is 18.2 Å². The fourth-order valence-corrected chi connectivity index (χ4v) is 4.25. The van der Waals surface area contributed by atoms with Crippen molar-refractivity contribution in [3.05, 3.63) is 34.5 Å². The predicted molar refractivity (Wildman–Crippen MR) is 126 cm³/mol. The molecule has 2 amide bonds. The summed E-state index contributed by atoms with van der Waals surface area (Å²) in [5, 5.41) is 13.7. The molecule has 2 aromatic rings. The number of rotatable bonds is 9. The second-order valence-electron chi connectivity index (χ2n) is 9.20. The third-order valence-corrected chi connectivity index (χ3v) is 5.73. The molecule has 1 aromatic heterocycles. The number of carbonyl (C=O) groups excluding carboxylic acids is 2. The van der Waals surface area contributed by atoms with Gasteiger partial charge in [-0.2, -0.15) is 0 Å². The van der Waals surface area contributed by atoms with E-state index in [-0.39, 0.29) is 11.3 Å². The summed E-state index contributed by atoms with van der Waals surface area (Å²) in [4.78, 5) is 44.2. The fraction of sp³-hybridized carbons (Fsp3) is 0.522. The molecule has 1 unspecified atom stereocenters. The maximum absolute atomic E-state index is 13.4. The molecule has 0 radical (unpaired) electrons. The van der Waals surface area contributed by atoms with Gasteiger partial charge in [-0.1, -0.05) is 17.7 Å². The Kier molecular flexibility index (Phi) is 7.99. The highest BCUT2D eigenvalue weighted by Gasteiger charge is 2.35. The van der Waals surface area contributed by atoms with E-state index in [0.29, 0.717) is 48.5 Å². The topological polar surface area (TPSA) is 115 Å². The molecule has 1 aliphatic rings. The van der Waals surface area contributed by atoms with E-state index in [2.05, 4.69) is 15.2 Å². The molecule has 9 nitrogen and oxygen atoms in total. The summed E-state index contributed by atoms with van der Waals surface area (Å²) in [6, 6.07) is 3.79. The molecular formula is C23H31ClN4O5. The average molecular weight is 479 g/mol. The zero-order valence-electron chi connectivity index (χ0n) is 19.2. The molecular weight excluding hydrogens is 448 g/mol. The van der Waals surface area contributed by atoms with Crippen LogP contribution in [-0.2, 0) is 14.3 Å². The number of benzene rings is 1. The molecule has 1 fully saturated rings. The van der Waals surface area contributed by atoms with Gasteiger partial charge in [-0.05, 0) is 39.3 Å². The lowest BCUT2D eigenvalue weighted by molar-refractivity contribution is -0.134. The molecule has 1 saturated heterocycles. The molecule has 3 N–H and O–H groups in total. The number of nitrogens with zero attached hydrogens (tertiary/aromatic N) is 2. The summed E-state index contributed by atoms with van der Waals surface area (Å²) >= 11 is 6.09. The van der Waals surface area contributed by atoms with Gasteiger partial charge >= 0.3 is 5.97 Å². The Morgan fingerprint density at radius 1 is 1.33 bits per heavy atom. The Morgan fingerprint density at radius 3 is 2.64 bits per heavy atom. The van der Waals surface area contributed by atoms with E-state index in [4.69, 9.17) is 16.3 Å². The van der Waals surface area contributed by atoms with Gasteiger partial charge in [0.25, 0.3) is 0 Å². The minimum atomic E-state index is -1.22. The maximum Gasteiger partial charge on any atom is 0.352 e. The van der Waals surface area contributed by atoms with Crippen LogP contribution in [0.4, 0.5) is 0 Å². The number of amides is 2. The number of ether oxygens (including phenoxy) is 1. The lowest BCUT2D eigenvalue weighted by Crippen LogP contribution is -2.48. The minimum absolute atomic E-state index is 0.138. The SMILES string of the molecule is CC(C)(C)NC(=O)C(c1c(C(=O)O)[nH]c2cc(Cl)ccc12)N(C=O)CCCN1CCOCC1. The summed E-state index contributed by atoms with van der Waals surface area (Å²) in [5.74, 6) is -1.66. The Morgan fingerprint density at radius 2 is 2.03 bits per heavy atom. The summed E-state index contributed by atoms with van der Waals surface area (Å²) in [7, 11) is 0. The van der Waals surface area contributed by atoms with E-state index < -0.39 is 23.5 Å². The zero-order valence-corrected chi connectivity index (χ0v) is 19.9. The average Bonchev–Trinajstić information content (AvgIpc) is 3.11. The molecule has 1 aliphatic heterocycles. The lowest BCUT2D eigenvalue weighted by Gasteiger charge is -2.32. The first kappa shape index (κ1) is 25.0. The Bertz CT molecular complexity index is 1010. The predicted octanol–water partition coefficient (Wildman–Crippen LogP) is 2.66. The Labute approximate surface area is 198 Å². The van der Waals surface area contributed by atoms with Gasteiger partial charge in [-0.3, -0.25) is 14.5 Å². The van der Waals surface area contributed by atoms with Crippen LogP contribution in [0.2, 0.25) is 5.02 Å². The first-order valence-electron chi connectivity index (χ1n) is 11.0. The molecule has 3 rings (SSSR count). The molecule has 1 aromatic carbocycles. The van der Waals surface area contributed by atoms with Crippen molar-refractivity contribution >= 4 is 40.8 Å². The van der Waals surface area contributed by atoms with Crippen LogP contribution in [0.1, 0.15) is 49.3 Å². The molecule has 0 aliphatic carbocycles. The van der Waals surface area contributed by atoms with E-state index >= 15 is 0 Å². The van der Waals surface area contributed by atoms with Crippen LogP contribution >= 0.6 is 11.6 Å². The van der Waals surface area contributed by atoms with Gasteiger partial charge in [0.05, 0.1) is 13.2 Å². The van der Waals surface area contributed by atoms with Crippen LogP contribution in [0.25, 0.3) is 10.9 Å². The summed E-state index contributed by atoms with van der Waals surface area (Å²) in [6.45, 7) is 9.53. The summed E-state index contributed by atoms with van der Waals surface area (Å²) < 4.78 is 5.37. The molecule has 1 atom stereocenters. The van der Waals surface area contributed by atoms with Crippen molar-refractivity contribution in [3.8, 4) is 0 Å². The van der Waals surface area contributed by atoms with E-state index in [1.165, 1.54) is 4.90 Å². The Balaban J connectivity index is 1.98. The molecule has 0 saturated carbocycles. The lowest BCUT2D eigenvalue weighted by atomic mass is 9.98. The van der Waals surface area contributed by atoms with Crippen molar-refractivity contribution in [2.24, 2.45) is 0 Å². The van der Waals surface area contributed by atoms with Gasteiger partial charge in [-0.25, -0.2) is 4.79 Å². The van der Waals surface area contributed by atoms with Gasteiger partial charge < -0.3 is 25.0 Å². The highest BCUT2D eigenvalue weighted by atomic mass is 35.5. The van der Waals surface area contributed by atoms with Crippen LogP contribution in [0.15, 0.2) is 18.2 Å². The van der Waals surface area contributed by atoms with Crippen LogP contribution in [0, 0.1) is 0 Å². The number of aromatic amines is 1. The van der Waals surface area contributed by atoms with Gasteiger partial charge in [0, 0.05) is 53.2 Å².